The molecule has 1 unspecified atom stereocenters. The Hall–Kier alpha value is -0.580. The molecule has 1 aromatic carbocycles. The number of nitrogens with two attached hydrogens (primary N) is 1. The SMILES string of the molecule is Nc1cccc(Br)c1CN1CCCC(CCO)C1. The Morgan fingerprint density at radius 3 is 3.00 bits per heavy atom. The standard InChI is InChI=1S/C14H21BrN2O/c15-13-4-1-5-14(16)12(13)10-17-7-2-3-11(9-17)6-8-18/h1,4-5,11,18H,2-3,6-10,16H2. The van der Waals surface area contributed by atoms with E-state index in [1.165, 1.54) is 18.4 Å². The molecule has 1 fully saturated rings. The minimum Gasteiger partial charge on any atom is -0.398 e. The summed E-state index contributed by atoms with van der Waals surface area (Å²) in [5, 5.41) is 9.04. The molecule has 100 valence electrons. The number of anilines is 1. The van der Waals surface area contributed by atoms with Crippen LogP contribution in [0.4, 0.5) is 5.69 Å². The molecule has 1 heterocycles. The number of aliphatic hydroxyl groups is 1. The average molecular weight is 313 g/mol. The largest absolute Gasteiger partial charge is 0.398 e. The molecule has 1 aliphatic heterocycles. The van der Waals surface area contributed by atoms with Gasteiger partial charge in [-0.25, -0.2) is 0 Å². The van der Waals surface area contributed by atoms with Crippen molar-refractivity contribution in [2.75, 3.05) is 25.4 Å². The molecule has 3 N–H and O–H groups in total. The Morgan fingerprint density at radius 2 is 2.28 bits per heavy atom. The average Bonchev–Trinajstić information content (AvgIpc) is 2.35. The Labute approximate surface area is 117 Å². The fraction of sp³-hybridized carbons (Fsp3) is 0.571. The number of aliphatic hydroxyl groups excluding tert-OH is 1. The van der Waals surface area contributed by atoms with Crippen molar-refractivity contribution in [1.29, 1.82) is 0 Å². The molecule has 1 aliphatic rings. The fourth-order valence-corrected chi connectivity index (χ4v) is 3.19. The van der Waals surface area contributed by atoms with Crippen LogP contribution in [0.2, 0.25) is 0 Å². The van der Waals surface area contributed by atoms with Gasteiger partial charge in [0.2, 0.25) is 0 Å². The zero-order valence-electron chi connectivity index (χ0n) is 10.6. The minimum absolute atomic E-state index is 0.301. The number of piperidine rings is 1. The van der Waals surface area contributed by atoms with Crippen LogP contribution >= 0.6 is 15.9 Å². The summed E-state index contributed by atoms with van der Waals surface area (Å²) >= 11 is 3.57. The molecule has 18 heavy (non-hydrogen) atoms. The summed E-state index contributed by atoms with van der Waals surface area (Å²) in [5.41, 5.74) is 8.07. The first kappa shape index (κ1) is 13.8. The maximum atomic E-state index is 9.04. The lowest BCUT2D eigenvalue weighted by Crippen LogP contribution is -2.35. The van der Waals surface area contributed by atoms with Gasteiger partial charge in [-0.15, -0.1) is 0 Å². The summed E-state index contributed by atoms with van der Waals surface area (Å²) in [7, 11) is 0. The molecular formula is C14H21BrN2O. The number of hydrogen-bond acceptors (Lipinski definition) is 3. The van der Waals surface area contributed by atoms with E-state index in [4.69, 9.17) is 10.8 Å². The number of halogens is 1. The van der Waals surface area contributed by atoms with Crippen LogP contribution in [-0.4, -0.2) is 29.7 Å². The molecule has 0 bridgehead atoms. The summed E-state index contributed by atoms with van der Waals surface area (Å²) < 4.78 is 1.09. The third-order valence-corrected chi connectivity index (χ3v) is 4.42. The molecule has 0 radical (unpaired) electrons. The van der Waals surface area contributed by atoms with Crippen molar-refractivity contribution < 1.29 is 5.11 Å². The molecule has 0 saturated carbocycles. The van der Waals surface area contributed by atoms with Crippen molar-refractivity contribution in [1.82, 2.24) is 4.90 Å². The number of hydrogen-bond donors (Lipinski definition) is 2. The maximum absolute atomic E-state index is 9.04. The van der Waals surface area contributed by atoms with Crippen molar-refractivity contribution in [3.63, 3.8) is 0 Å². The predicted molar refractivity (Wildman–Crippen MR) is 78.3 cm³/mol. The van der Waals surface area contributed by atoms with Gasteiger partial charge in [-0.1, -0.05) is 22.0 Å². The quantitative estimate of drug-likeness (QED) is 0.840. The molecule has 0 amide bonds. The van der Waals surface area contributed by atoms with E-state index in [9.17, 15) is 0 Å². The molecule has 3 nitrogen and oxygen atoms in total. The van der Waals surface area contributed by atoms with Gasteiger partial charge in [0.05, 0.1) is 0 Å². The maximum Gasteiger partial charge on any atom is 0.0434 e. The van der Waals surface area contributed by atoms with Crippen molar-refractivity contribution in [2.45, 2.75) is 25.8 Å². The van der Waals surface area contributed by atoms with Crippen LogP contribution in [-0.2, 0) is 6.54 Å². The third-order valence-electron chi connectivity index (χ3n) is 3.68. The van der Waals surface area contributed by atoms with Crippen molar-refractivity contribution >= 4 is 21.6 Å². The van der Waals surface area contributed by atoms with Gasteiger partial charge in [0.1, 0.15) is 0 Å². The van der Waals surface area contributed by atoms with Crippen molar-refractivity contribution in [3.05, 3.63) is 28.2 Å². The fourth-order valence-electron chi connectivity index (χ4n) is 2.68. The summed E-state index contributed by atoms with van der Waals surface area (Å²) in [6, 6.07) is 5.96. The van der Waals surface area contributed by atoms with Crippen LogP contribution in [0.1, 0.15) is 24.8 Å². The zero-order valence-corrected chi connectivity index (χ0v) is 12.2. The highest BCUT2D eigenvalue weighted by molar-refractivity contribution is 9.10. The van der Waals surface area contributed by atoms with E-state index in [2.05, 4.69) is 20.8 Å². The van der Waals surface area contributed by atoms with E-state index in [0.29, 0.717) is 12.5 Å². The Morgan fingerprint density at radius 1 is 1.44 bits per heavy atom. The first-order valence-corrected chi connectivity index (χ1v) is 7.36. The van der Waals surface area contributed by atoms with E-state index in [-0.39, 0.29) is 0 Å². The molecule has 0 spiro atoms. The zero-order chi connectivity index (χ0) is 13.0. The monoisotopic (exact) mass is 312 g/mol. The second kappa shape index (κ2) is 6.55. The third kappa shape index (κ3) is 3.46. The van der Waals surface area contributed by atoms with Crippen LogP contribution in [0, 0.1) is 5.92 Å². The highest BCUT2D eigenvalue weighted by atomic mass is 79.9. The minimum atomic E-state index is 0.301. The smallest absolute Gasteiger partial charge is 0.0434 e. The lowest BCUT2D eigenvalue weighted by atomic mass is 9.95. The van der Waals surface area contributed by atoms with Crippen LogP contribution in [0.5, 0.6) is 0 Å². The first-order chi connectivity index (χ1) is 8.70. The Balaban J connectivity index is 2.00. The number of nitrogens with zero attached hydrogens (tertiary/aromatic N) is 1. The van der Waals surface area contributed by atoms with Gasteiger partial charge in [-0.3, -0.25) is 4.90 Å². The van der Waals surface area contributed by atoms with Gasteiger partial charge in [0.25, 0.3) is 0 Å². The normalized spacial score (nSPS) is 21.1. The molecule has 1 aromatic rings. The van der Waals surface area contributed by atoms with Crippen LogP contribution in [0.15, 0.2) is 22.7 Å². The number of rotatable bonds is 4. The molecular weight excluding hydrogens is 292 g/mol. The molecule has 4 heteroatoms. The molecule has 1 saturated heterocycles. The van der Waals surface area contributed by atoms with Gasteiger partial charge in [0, 0.05) is 35.4 Å². The van der Waals surface area contributed by atoms with Crippen molar-refractivity contribution in [3.8, 4) is 0 Å². The van der Waals surface area contributed by atoms with Gasteiger partial charge in [-0.2, -0.15) is 0 Å². The highest BCUT2D eigenvalue weighted by Crippen LogP contribution is 2.27. The topological polar surface area (TPSA) is 49.5 Å². The second-order valence-electron chi connectivity index (χ2n) is 5.06. The summed E-state index contributed by atoms with van der Waals surface area (Å²) in [6.45, 7) is 3.40. The van der Waals surface area contributed by atoms with Gasteiger partial charge in [-0.05, 0) is 43.9 Å². The summed E-state index contributed by atoms with van der Waals surface area (Å²) in [6.07, 6.45) is 3.37. The summed E-state index contributed by atoms with van der Waals surface area (Å²) in [4.78, 5) is 2.44. The number of benzene rings is 1. The van der Waals surface area contributed by atoms with Gasteiger partial charge < -0.3 is 10.8 Å². The predicted octanol–water partition coefficient (Wildman–Crippen LogP) is 2.63. The lowest BCUT2D eigenvalue weighted by molar-refractivity contribution is 0.142. The number of likely N-dealkylation sites (tertiary alicyclic amines) is 1. The molecule has 0 aliphatic carbocycles. The number of nitrogen functional groups attached to an aromatic ring is 1. The van der Waals surface area contributed by atoms with Crippen LogP contribution in [0.25, 0.3) is 0 Å². The lowest BCUT2D eigenvalue weighted by Gasteiger charge is -2.33. The molecule has 1 atom stereocenters. The molecule has 2 rings (SSSR count). The Bertz CT molecular complexity index is 375. The van der Waals surface area contributed by atoms with Gasteiger partial charge in [0.15, 0.2) is 0 Å². The first-order valence-electron chi connectivity index (χ1n) is 6.56. The van der Waals surface area contributed by atoms with Crippen LogP contribution < -0.4 is 5.73 Å². The highest BCUT2D eigenvalue weighted by Gasteiger charge is 2.20. The second-order valence-corrected chi connectivity index (χ2v) is 5.92. The molecule has 0 aromatic heterocycles. The van der Waals surface area contributed by atoms with E-state index in [0.717, 1.165) is 36.2 Å². The Kier molecular flexibility index (Phi) is 5.03. The van der Waals surface area contributed by atoms with Crippen LogP contribution in [0.3, 0.4) is 0 Å². The summed E-state index contributed by atoms with van der Waals surface area (Å²) in [5.74, 6) is 0.632. The van der Waals surface area contributed by atoms with E-state index < -0.39 is 0 Å². The van der Waals surface area contributed by atoms with E-state index >= 15 is 0 Å². The van der Waals surface area contributed by atoms with E-state index in [1.54, 1.807) is 0 Å². The van der Waals surface area contributed by atoms with E-state index in [1.807, 2.05) is 18.2 Å². The van der Waals surface area contributed by atoms with Gasteiger partial charge >= 0.3 is 0 Å². The van der Waals surface area contributed by atoms with Crippen molar-refractivity contribution in [2.24, 2.45) is 5.92 Å².